The molecule has 1 unspecified atom stereocenters. The third kappa shape index (κ3) is 4.62. The van der Waals surface area contributed by atoms with Crippen molar-refractivity contribution in [2.75, 3.05) is 11.9 Å². The zero-order valence-corrected chi connectivity index (χ0v) is 16.7. The first-order valence-corrected chi connectivity index (χ1v) is 9.91. The second-order valence-electron chi connectivity index (χ2n) is 7.16. The average Bonchev–Trinajstić information content (AvgIpc) is 3.27. The largest absolute Gasteiger partial charge is 0.394 e. The molecule has 0 saturated heterocycles. The number of carbonyl (C=O) groups is 2. The van der Waals surface area contributed by atoms with Crippen LogP contribution in [-0.2, 0) is 9.59 Å². The van der Waals surface area contributed by atoms with Gasteiger partial charge in [0.05, 0.1) is 24.2 Å². The quantitative estimate of drug-likeness (QED) is 0.373. The topological polar surface area (TPSA) is 107 Å². The molecule has 0 aliphatic heterocycles. The molecule has 31 heavy (non-hydrogen) atoms. The van der Waals surface area contributed by atoms with E-state index in [-0.39, 0.29) is 5.91 Å². The Morgan fingerprint density at radius 2 is 1.55 bits per heavy atom. The number of aliphatic hydroxyl groups is 1. The summed E-state index contributed by atoms with van der Waals surface area (Å²) < 4.78 is 0. The van der Waals surface area contributed by atoms with Crippen molar-refractivity contribution in [3.8, 4) is 0 Å². The minimum Gasteiger partial charge on any atom is -0.394 e. The zero-order valence-electron chi connectivity index (χ0n) is 16.7. The molecule has 1 heterocycles. The van der Waals surface area contributed by atoms with Gasteiger partial charge in [-0.15, -0.1) is 0 Å². The summed E-state index contributed by atoms with van der Waals surface area (Å²) in [6.07, 6.45) is 1.69. The van der Waals surface area contributed by atoms with Crippen LogP contribution >= 0.6 is 0 Å². The van der Waals surface area contributed by atoms with Gasteiger partial charge in [-0.1, -0.05) is 60.7 Å². The maximum Gasteiger partial charge on any atom is 0.249 e. The highest BCUT2D eigenvalue weighted by Gasteiger charge is 2.27. The van der Waals surface area contributed by atoms with E-state index in [2.05, 4.69) is 20.8 Å². The van der Waals surface area contributed by atoms with Crippen molar-refractivity contribution in [2.24, 2.45) is 0 Å². The molecule has 0 fully saturated rings. The average molecular weight is 414 g/mol. The Morgan fingerprint density at radius 1 is 0.903 bits per heavy atom. The first-order valence-electron chi connectivity index (χ1n) is 9.91. The lowest BCUT2D eigenvalue weighted by atomic mass is 9.90. The summed E-state index contributed by atoms with van der Waals surface area (Å²) in [4.78, 5) is 25.9. The number of carbonyl (C=O) groups excluding carboxylic acids is 2. The van der Waals surface area contributed by atoms with E-state index in [1.54, 1.807) is 18.3 Å². The smallest absolute Gasteiger partial charge is 0.249 e. The fraction of sp³-hybridized carbons (Fsp3) is 0.125. The molecule has 0 aliphatic rings. The molecule has 156 valence electrons. The Kier molecular flexibility index (Phi) is 6.05. The summed E-state index contributed by atoms with van der Waals surface area (Å²) in [5.74, 6) is -1.48. The number of rotatable bonds is 7. The zero-order chi connectivity index (χ0) is 21.6. The Morgan fingerprint density at radius 3 is 2.16 bits per heavy atom. The predicted molar refractivity (Wildman–Crippen MR) is 118 cm³/mol. The molecular weight excluding hydrogens is 392 g/mol. The van der Waals surface area contributed by atoms with Crippen molar-refractivity contribution < 1.29 is 14.7 Å². The molecule has 2 amide bonds. The van der Waals surface area contributed by atoms with Crippen LogP contribution in [0.4, 0.5) is 5.69 Å². The van der Waals surface area contributed by atoms with Crippen LogP contribution in [0.2, 0.25) is 0 Å². The maximum absolute atomic E-state index is 13.2. The number of anilines is 1. The van der Waals surface area contributed by atoms with Crippen LogP contribution in [-0.4, -0.2) is 39.8 Å². The summed E-state index contributed by atoms with van der Waals surface area (Å²) in [7, 11) is 0. The Balaban J connectivity index is 1.52. The van der Waals surface area contributed by atoms with Gasteiger partial charge in [0.1, 0.15) is 6.04 Å². The van der Waals surface area contributed by atoms with Gasteiger partial charge in [0.25, 0.3) is 0 Å². The molecule has 0 spiro atoms. The van der Waals surface area contributed by atoms with E-state index in [4.69, 9.17) is 0 Å². The van der Waals surface area contributed by atoms with Crippen LogP contribution in [0.15, 0.2) is 85.1 Å². The minimum atomic E-state index is -1.10. The van der Waals surface area contributed by atoms with E-state index in [0.717, 1.165) is 22.0 Å². The van der Waals surface area contributed by atoms with E-state index in [0.29, 0.717) is 5.69 Å². The van der Waals surface area contributed by atoms with Crippen LogP contribution in [0.5, 0.6) is 0 Å². The standard InChI is InChI=1S/C24H22N4O3/c29-15-21(23(30)26-19-12-11-18-14-25-28-20(18)13-19)27-24(31)22(16-7-3-1-4-8-16)17-9-5-2-6-10-17/h1-14,21-22,29H,15H2,(H,25,28)(H,26,30)(H,27,31). The highest BCUT2D eigenvalue weighted by Crippen LogP contribution is 2.25. The van der Waals surface area contributed by atoms with Crippen LogP contribution < -0.4 is 10.6 Å². The van der Waals surface area contributed by atoms with Gasteiger partial charge in [-0.2, -0.15) is 5.10 Å². The number of hydrogen-bond donors (Lipinski definition) is 4. The van der Waals surface area contributed by atoms with Gasteiger partial charge in [-0.25, -0.2) is 0 Å². The van der Waals surface area contributed by atoms with Crippen LogP contribution in [0, 0.1) is 0 Å². The van der Waals surface area contributed by atoms with Crippen molar-refractivity contribution in [3.05, 3.63) is 96.2 Å². The molecule has 0 saturated carbocycles. The number of amides is 2. The Bertz CT molecular complexity index is 1140. The third-order valence-corrected chi connectivity index (χ3v) is 5.05. The van der Waals surface area contributed by atoms with Crippen molar-refractivity contribution in [3.63, 3.8) is 0 Å². The van der Waals surface area contributed by atoms with Gasteiger partial charge in [-0.05, 0) is 29.3 Å². The number of benzene rings is 3. The first kappa shape index (κ1) is 20.3. The lowest BCUT2D eigenvalue weighted by Crippen LogP contribution is -2.47. The van der Waals surface area contributed by atoms with Crippen LogP contribution in [0.3, 0.4) is 0 Å². The van der Waals surface area contributed by atoms with Crippen molar-refractivity contribution in [1.82, 2.24) is 15.5 Å². The number of aliphatic hydroxyl groups excluding tert-OH is 1. The SMILES string of the molecule is O=C(Nc1ccc2cn[nH]c2c1)C(CO)NC(=O)C(c1ccccc1)c1ccccc1. The van der Waals surface area contributed by atoms with E-state index in [1.807, 2.05) is 66.7 Å². The number of nitrogens with one attached hydrogen (secondary N) is 3. The monoisotopic (exact) mass is 414 g/mol. The first-order chi connectivity index (χ1) is 15.2. The predicted octanol–water partition coefficient (Wildman–Crippen LogP) is 2.81. The van der Waals surface area contributed by atoms with E-state index in [1.165, 1.54) is 0 Å². The fourth-order valence-electron chi connectivity index (χ4n) is 3.48. The molecule has 0 aliphatic carbocycles. The summed E-state index contributed by atoms with van der Waals surface area (Å²) >= 11 is 0. The van der Waals surface area contributed by atoms with E-state index < -0.39 is 24.5 Å². The van der Waals surface area contributed by atoms with E-state index in [9.17, 15) is 14.7 Å². The van der Waals surface area contributed by atoms with Gasteiger partial charge in [-0.3, -0.25) is 14.7 Å². The number of aromatic nitrogens is 2. The van der Waals surface area contributed by atoms with Gasteiger partial charge < -0.3 is 15.7 Å². The number of H-pyrrole nitrogens is 1. The molecular formula is C24H22N4O3. The lowest BCUT2D eigenvalue weighted by Gasteiger charge is -2.22. The summed E-state index contributed by atoms with van der Waals surface area (Å²) in [5.41, 5.74) is 2.91. The third-order valence-electron chi connectivity index (χ3n) is 5.05. The molecule has 0 radical (unpaired) electrons. The van der Waals surface area contributed by atoms with Crippen molar-refractivity contribution in [2.45, 2.75) is 12.0 Å². The molecule has 7 nitrogen and oxygen atoms in total. The number of fused-ring (bicyclic) bond motifs is 1. The Hall–Kier alpha value is -3.97. The molecule has 1 aromatic heterocycles. The highest BCUT2D eigenvalue weighted by molar-refractivity contribution is 5.99. The molecule has 4 rings (SSSR count). The Labute approximate surface area is 179 Å². The second kappa shape index (κ2) is 9.23. The van der Waals surface area contributed by atoms with Gasteiger partial charge in [0.2, 0.25) is 11.8 Å². The van der Waals surface area contributed by atoms with E-state index >= 15 is 0 Å². The lowest BCUT2D eigenvalue weighted by molar-refractivity contribution is -0.127. The van der Waals surface area contributed by atoms with Crippen molar-refractivity contribution >= 4 is 28.4 Å². The summed E-state index contributed by atoms with van der Waals surface area (Å²) in [5, 5.41) is 22.9. The number of hydrogen-bond acceptors (Lipinski definition) is 4. The molecule has 4 N–H and O–H groups in total. The van der Waals surface area contributed by atoms with Crippen LogP contribution in [0.1, 0.15) is 17.0 Å². The summed E-state index contributed by atoms with van der Waals surface area (Å²) in [6.45, 7) is -0.528. The number of aromatic amines is 1. The highest BCUT2D eigenvalue weighted by atomic mass is 16.3. The molecule has 3 aromatic carbocycles. The van der Waals surface area contributed by atoms with Gasteiger partial charge in [0, 0.05) is 11.1 Å². The van der Waals surface area contributed by atoms with Crippen LogP contribution in [0.25, 0.3) is 10.9 Å². The van der Waals surface area contributed by atoms with Gasteiger partial charge >= 0.3 is 0 Å². The van der Waals surface area contributed by atoms with Crippen molar-refractivity contribution in [1.29, 1.82) is 0 Å². The molecule has 7 heteroatoms. The molecule has 4 aromatic rings. The summed E-state index contributed by atoms with van der Waals surface area (Å²) in [6, 6.07) is 22.9. The number of nitrogens with zero attached hydrogens (tertiary/aromatic N) is 1. The minimum absolute atomic E-state index is 0.365. The second-order valence-corrected chi connectivity index (χ2v) is 7.16. The molecule has 0 bridgehead atoms. The molecule has 1 atom stereocenters. The van der Waals surface area contributed by atoms with Gasteiger partial charge in [0.15, 0.2) is 0 Å². The maximum atomic E-state index is 13.2. The normalized spacial score (nSPS) is 11.9. The fourth-order valence-corrected chi connectivity index (χ4v) is 3.48.